The number of nitrogens with one attached hydrogen (secondary N) is 2. The number of carbonyl (C=O) groups excluding carboxylic acids is 2. The maximum Gasteiger partial charge on any atom is 0.251 e. The van der Waals surface area contributed by atoms with Crippen molar-refractivity contribution in [3.8, 4) is 0 Å². The van der Waals surface area contributed by atoms with Gasteiger partial charge in [-0.3, -0.25) is 9.59 Å². The molecule has 4 nitrogen and oxygen atoms in total. The third-order valence-electron chi connectivity index (χ3n) is 4.35. The zero-order valence-corrected chi connectivity index (χ0v) is 15.2. The molecule has 3 aromatic rings. The molecule has 0 fully saturated rings. The van der Waals surface area contributed by atoms with Crippen molar-refractivity contribution in [2.75, 3.05) is 0 Å². The van der Waals surface area contributed by atoms with Gasteiger partial charge in [0.2, 0.25) is 0 Å². The van der Waals surface area contributed by atoms with Crippen molar-refractivity contribution < 1.29 is 9.59 Å². The van der Waals surface area contributed by atoms with Crippen LogP contribution in [0.25, 0.3) is 0 Å². The average molecular weight is 358 g/mol. The molecule has 0 heterocycles. The van der Waals surface area contributed by atoms with Crippen molar-refractivity contribution in [2.24, 2.45) is 0 Å². The van der Waals surface area contributed by atoms with Gasteiger partial charge in [0.1, 0.15) is 0 Å². The minimum Gasteiger partial charge on any atom is -0.348 e. The zero-order chi connectivity index (χ0) is 19.1. The Morgan fingerprint density at radius 1 is 0.741 bits per heavy atom. The molecule has 0 bridgehead atoms. The Hall–Kier alpha value is -3.40. The summed E-state index contributed by atoms with van der Waals surface area (Å²) in [6.07, 6.45) is 0. The molecule has 1 unspecified atom stereocenters. The van der Waals surface area contributed by atoms with Crippen LogP contribution in [0.4, 0.5) is 0 Å². The summed E-state index contributed by atoms with van der Waals surface area (Å²) in [6, 6.07) is 26.1. The lowest BCUT2D eigenvalue weighted by Gasteiger charge is -2.14. The van der Waals surface area contributed by atoms with Crippen LogP contribution in [0.1, 0.15) is 44.8 Å². The Kier molecular flexibility index (Phi) is 6.00. The van der Waals surface area contributed by atoms with Crippen molar-refractivity contribution >= 4 is 11.8 Å². The van der Waals surface area contributed by atoms with Gasteiger partial charge in [-0.05, 0) is 42.3 Å². The van der Waals surface area contributed by atoms with E-state index in [2.05, 4.69) is 10.6 Å². The predicted molar refractivity (Wildman–Crippen MR) is 106 cm³/mol. The molecular weight excluding hydrogens is 336 g/mol. The van der Waals surface area contributed by atoms with Gasteiger partial charge in [0.15, 0.2) is 0 Å². The van der Waals surface area contributed by atoms with Crippen molar-refractivity contribution in [2.45, 2.75) is 19.5 Å². The molecule has 1 atom stereocenters. The minimum absolute atomic E-state index is 0.0662. The van der Waals surface area contributed by atoms with E-state index in [0.29, 0.717) is 17.7 Å². The van der Waals surface area contributed by atoms with Crippen LogP contribution in [0.3, 0.4) is 0 Å². The number of carbonyl (C=O) groups is 2. The molecule has 0 aliphatic rings. The first kappa shape index (κ1) is 18.4. The van der Waals surface area contributed by atoms with E-state index in [4.69, 9.17) is 0 Å². The molecule has 0 aromatic heterocycles. The van der Waals surface area contributed by atoms with Crippen LogP contribution in [0.5, 0.6) is 0 Å². The van der Waals surface area contributed by atoms with E-state index in [-0.39, 0.29) is 17.9 Å². The number of benzene rings is 3. The molecule has 0 aliphatic carbocycles. The maximum absolute atomic E-state index is 12.4. The van der Waals surface area contributed by atoms with E-state index in [1.54, 1.807) is 24.3 Å². The van der Waals surface area contributed by atoms with Crippen molar-refractivity contribution in [1.29, 1.82) is 0 Å². The Morgan fingerprint density at radius 2 is 1.30 bits per heavy atom. The lowest BCUT2D eigenvalue weighted by molar-refractivity contribution is 0.0934. The third-order valence-corrected chi connectivity index (χ3v) is 4.35. The van der Waals surface area contributed by atoms with Gasteiger partial charge in [-0.2, -0.15) is 0 Å². The number of hydrogen-bond acceptors (Lipinski definition) is 2. The molecular formula is C23H22N2O2. The SMILES string of the molecule is CC(NC(=O)c1ccc(CNC(=O)c2ccccc2)cc1)c1ccccc1. The highest BCUT2D eigenvalue weighted by molar-refractivity contribution is 5.95. The average Bonchev–Trinajstić information content (AvgIpc) is 2.73. The van der Waals surface area contributed by atoms with Crippen LogP contribution in [-0.4, -0.2) is 11.8 Å². The topological polar surface area (TPSA) is 58.2 Å². The fraction of sp³-hybridized carbons (Fsp3) is 0.130. The summed E-state index contributed by atoms with van der Waals surface area (Å²) in [6.45, 7) is 2.37. The fourth-order valence-electron chi connectivity index (χ4n) is 2.75. The standard InChI is InChI=1S/C23H22N2O2/c1-17(19-8-4-2-5-9-19)25-23(27)21-14-12-18(13-15-21)16-24-22(26)20-10-6-3-7-11-20/h2-15,17H,16H2,1H3,(H,24,26)(H,25,27). The summed E-state index contributed by atoms with van der Waals surface area (Å²) < 4.78 is 0. The second kappa shape index (κ2) is 8.81. The van der Waals surface area contributed by atoms with E-state index >= 15 is 0 Å². The summed E-state index contributed by atoms with van der Waals surface area (Å²) >= 11 is 0. The summed E-state index contributed by atoms with van der Waals surface area (Å²) in [7, 11) is 0. The first-order valence-corrected chi connectivity index (χ1v) is 8.91. The Morgan fingerprint density at radius 3 is 1.93 bits per heavy atom. The molecule has 27 heavy (non-hydrogen) atoms. The first-order chi connectivity index (χ1) is 13.1. The van der Waals surface area contributed by atoms with Gasteiger partial charge in [-0.25, -0.2) is 0 Å². The van der Waals surface area contributed by atoms with E-state index in [1.807, 2.05) is 67.6 Å². The molecule has 0 aliphatic heterocycles. The van der Waals surface area contributed by atoms with Crippen LogP contribution in [-0.2, 0) is 6.54 Å². The summed E-state index contributed by atoms with van der Waals surface area (Å²) in [5.41, 5.74) is 3.22. The largest absolute Gasteiger partial charge is 0.348 e. The third kappa shape index (κ3) is 5.05. The lowest BCUT2D eigenvalue weighted by Crippen LogP contribution is -2.26. The molecule has 0 spiro atoms. The van der Waals surface area contributed by atoms with E-state index in [9.17, 15) is 9.59 Å². The van der Waals surface area contributed by atoms with Gasteiger partial charge in [0, 0.05) is 17.7 Å². The molecule has 2 N–H and O–H groups in total. The number of amides is 2. The number of hydrogen-bond donors (Lipinski definition) is 2. The minimum atomic E-state index is -0.119. The van der Waals surface area contributed by atoms with Crippen LogP contribution >= 0.6 is 0 Å². The second-order valence-corrected chi connectivity index (χ2v) is 6.35. The molecule has 136 valence electrons. The van der Waals surface area contributed by atoms with Gasteiger partial charge in [-0.1, -0.05) is 60.7 Å². The number of rotatable bonds is 6. The molecule has 0 radical (unpaired) electrons. The molecule has 2 amide bonds. The zero-order valence-electron chi connectivity index (χ0n) is 15.2. The maximum atomic E-state index is 12.4. The van der Waals surface area contributed by atoms with Gasteiger partial charge < -0.3 is 10.6 Å². The highest BCUT2D eigenvalue weighted by atomic mass is 16.2. The highest BCUT2D eigenvalue weighted by Gasteiger charge is 2.11. The molecule has 0 saturated heterocycles. The molecule has 0 saturated carbocycles. The van der Waals surface area contributed by atoms with Gasteiger partial charge in [0.05, 0.1) is 6.04 Å². The second-order valence-electron chi connectivity index (χ2n) is 6.35. The van der Waals surface area contributed by atoms with Crippen LogP contribution in [0.15, 0.2) is 84.9 Å². The van der Waals surface area contributed by atoms with Gasteiger partial charge in [0.25, 0.3) is 11.8 Å². The smallest absolute Gasteiger partial charge is 0.251 e. The summed E-state index contributed by atoms with van der Waals surface area (Å²) in [5, 5.41) is 5.87. The fourth-order valence-corrected chi connectivity index (χ4v) is 2.75. The van der Waals surface area contributed by atoms with Crippen LogP contribution in [0.2, 0.25) is 0 Å². The van der Waals surface area contributed by atoms with E-state index in [0.717, 1.165) is 11.1 Å². The first-order valence-electron chi connectivity index (χ1n) is 8.91. The summed E-state index contributed by atoms with van der Waals surface area (Å²) in [4.78, 5) is 24.5. The Balaban J connectivity index is 1.55. The Labute approximate surface area is 159 Å². The van der Waals surface area contributed by atoms with Crippen LogP contribution in [0, 0.1) is 0 Å². The van der Waals surface area contributed by atoms with E-state index < -0.39 is 0 Å². The van der Waals surface area contributed by atoms with Crippen molar-refractivity contribution in [3.05, 3.63) is 107 Å². The van der Waals surface area contributed by atoms with Crippen LogP contribution < -0.4 is 10.6 Å². The molecule has 3 aromatic carbocycles. The van der Waals surface area contributed by atoms with Crippen molar-refractivity contribution in [1.82, 2.24) is 10.6 Å². The molecule has 4 heteroatoms. The highest BCUT2D eigenvalue weighted by Crippen LogP contribution is 2.13. The van der Waals surface area contributed by atoms with E-state index in [1.165, 1.54) is 0 Å². The summed E-state index contributed by atoms with van der Waals surface area (Å²) in [5.74, 6) is -0.236. The predicted octanol–water partition coefficient (Wildman–Crippen LogP) is 4.11. The lowest BCUT2D eigenvalue weighted by atomic mass is 10.1. The Bertz CT molecular complexity index is 891. The monoisotopic (exact) mass is 358 g/mol. The quantitative estimate of drug-likeness (QED) is 0.697. The van der Waals surface area contributed by atoms with Gasteiger partial charge in [-0.15, -0.1) is 0 Å². The van der Waals surface area contributed by atoms with Crippen molar-refractivity contribution in [3.63, 3.8) is 0 Å². The normalized spacial score (nSPS) is 11.4. The molecule has 3 rings (SSSR count). The van der Waals surface area contributed by atoms with Gasteiger partial charge >= 0.3 is 0 Å².